The van der Waals surface area contributed by atoms with Crippen LogP contribution in [0, 0.1) is 0 Å². The van der Waals surface area contributed by atoms with E-state index in [-0.39, 0.29) is 5.91 Å². The maximum Gasteiger partial charge on any atom is 0.255 e. The van der Waals surface area contributed by atoms with Gasteiger partial charge in [0.25, 0.3) is 5.91 Å². The van der Waals surface area contributed by atoms with Crippen LogP contribution in [0.2, 0.25) is 5.02 Å². The minimum Gasteiger partial charge on any atom is -0.497 e. The van der Waals surface area contributed by atoms with Crippen LogP contribution in [0.25, 0.3) is 0 Å². The van der Waals surface area contributed by atoms with Gasteiger partial charge in [-0.1, -0.05) is 66.7 Å². The SMILES string of the molecule is CCc1ccc([C@@H]2C(C(=O)Nc3ccc(OC)cc3)=C(C)Nc3nc(SCc4cccc(Cl)c4)nn32)cc1. The number of ether oxygens (including phenoxy) is 1. The standard InChI is InChI=1S/C29H28ClN5O2S/c1-4-19-8-10-21(11-9-19)26-25(27(36)32-23-12-14-24(37-3)15-13-23)18(2)31-28-33-29(34-35(26)28)38-17-20-6-5-7-22(30)16-20/h5-16,26H,4,17H2,1-3H3,(H,32,36)(H,31,33,34)/t26-/m1/s1. The number of benzene rings is 3. The van der Waals surface area contributed by atoms with Crippen molar-refractivity contribution in [2.24, 2.45) is 0 Å². The Hall–Kier alpha value is -3.75. The van der Waals surface area contributed by atoms with Crippen molar-refractivity contribution in [3.05, 3.63) is 106 Å². The molecule has 194 valence electrons. The molecule has 0 saturated heterocycles. The van der Waals surface area contributed by atoms with Crippen LogP contribution in [0.4, 0.5) is 11.6 Å². The van der Waals surface area contributed by atoms with Gasteiger partial charge in [-0.25, -0.2) is 4.68 Å². The number of thioether (sulfide) groups is 1. The summed E-state index contributed by atoms with van der Waals surface area (Å²) in [7, 11) is 1.61. The first kappa shape index (κ1) is 25.9. The number of methoxy groups -OCH3 is 1. The molecule has 1 amide bonds. The molecule has 0 spiro atoms. The predicted molar refractivity (Wildman–Crippen MR) is 153 cm³/mol. The minimum absolute atomic E-state index is 0.209. The second-order valence-electron chi connectivity index (χ2n) is 8.93. The molecule has 3 aromatic carbocycles. The topological polar surface area (TPSA) is 81.1 Å². The summed E-state index contributed by atoms with van der Waals surface area (Å²) >= 11 is 7.67. The van der Waals surface area contributed by atoms with Crippen LogP contribution in [0.15, 0.2) is 89.2 Å². The molecule has 38 heavy (non-hydrogen) atoms. The van der Waals surface area contributed by atoms with E-state index in [2.05, 4.69) is 41.8 Å². The first-order valence-corrected chi connectivity index (χ1v) is 13.7. The number of fused-ring (bicyclic) bond motifs is 1. The molecule has 1 aromatic heterocycles. The van der Waals surface area contributed by atoms with Crippen LogP contribution in [-0.4, -0.2) is 27.8 Å². The summed E-state index contributed by atoms with van der Waals surface area (Å²) < 4.78 is 7.04. The first-order valence-electron chi connectivity index (χ1n) is 12.3. The van der Waals surface area contributed by atoms with Gasteiger partial charge < -0.3 is 15.4 Å². The van der Waals surface area contributed by atoms with Crippen molar-refractivity contribution < 1.29 is 9.53 Å². The monoisotopic (exact) mass is 545 g/mol. The predicted octanol–water partition coefficient (Wildman–Crippen LogP) is 6.72. The van der Waals surface area contributed by atoms with Crippen LogP contribution in [0.5, 0.6) is 5.75 Å². The molecule has 1 aliphatic heterocycles. The highest BCUT2D eigenvalue weighted by molar-refractivity contribution is 7.98. The van der Waals surface area contributed by atoms with Crippen molar-refractivity contribution in [1.29, 1.82) is 0 Å². The Balaban J connectivity index is 1.47. The van der Waals surface area contributed by atoms with Gasteiger partial charge in [-0.3, -0.25) is 4.79 Å². The fourth-order valence-corrected chi connectivity index (χ4v) is 5.36. The number of carbonyl (C=O) groups excluding carboxylic acids is 1. The molecular formula is C29H28ClN5O2S. The third-order valence-corrected chi connectivity index (χ3v) is 7.53. The van der Waals surface area contributed by atoms with Crippen molar-refractivity contribution in [3.63, 3.8) is 0 Å². The molecule has 2 N–H and O–H groups in total. The molecule has 1 aliphatic rings. The Bertz CT molecular complexity index is 1480. The maximum absolute atomic E-state index is 13.7. The summed E-state index contributed by atoms with van der Waals surface area (Å²) in [5.74, 6) is 1.79. The third kappa shape index (κ3) is 5.56. The Morgan fingerprint density at radius 2 is 1.87 bits per heavy atom. The molecule has 5 rings (SSSR count). The molecule has 0 bridgehead atoms. The van der Waals surface area contributed by atoms with E-state index in [9.17, 15) is 4.79 Å². The first-order chi connectivity index (χ1) is 18.4. The van der Waals surface area contributed by atoms with E-state index in [0.29, 0.717) is 33.1 Å². The van der Waals surface area contributed by atoms with Gasteiger partial charge in [0.15, 0.2) is 0 Å². The molecular weight excluding hydrogens is 518 g/mol. The van der Waals surface area contributed by atoms with E-state index in [1.807, 2.05) is 55.5 Å². The van der Waals surface area contributed by atoms with Crippen LogP contribution in [0.3, 0.4) is 0 Å². The zero-order valence-electron chi connectivity index (χ0n) is 21.4. The smallest absolute Gasteiger partial charge is 0.255 e. The molecule has 0 radical (unpaired) electrons. The van der Waals surface area contributed by atoms with Gasteiger partial charge in [0.2, 0.25) is 11.1 Å². The Morgan fingerprint density at radius 1 is 1.11 bits per heavy atom. The van der Waals surface area contributed by atoms with Gasteiger partial charge in [0.05, 0.1) is 12.7 Å². The lowest BCUT2D eigenvalue weighted by Gasteiger charge is -2.28. The maximum atomic E-state index is 13.7. The highest BCUT2D eigenvalue weighted by atomic mass is 35.5. The molecule has 9 heteroatoms. The number of amides is 1. The van der Waals surface area contributed by atoms with Crippen LogP contribution < -0.4 is 15.4 Å². The lowest BCUT2D eigenvalue weighted by atomic mass is 9.94. The highest BCUT2D eigenvalue weighted by Crippen LogP contribution is 2.37. The normalized spacial score (nSPS) is 14.6. The summed E-state index contributed by atoms with van der Waals surface area (Å²) in [4.78, 5) is 18.4. The number of allylic oxidation sites excluding steroid dienone is 1. The average Bonchev–Trinajstić information content (AvgIpc) is 3.34. The number of aryl methyl sites for hydroxylation is 1. The second kappa shape index (κ2) is 11.3. The fraction of sp³-hybridized carbons (Fsp3) is 0.207. The zero-order chi connectivity index (χ0) is 26.6. The van der Waals surface area contributed by atoms with Crippen LogP contribution in [-0.2, 0) is 17.0 Å². The molecule has 4 aromatic rings. The third-order valence-electron chi connectivity index (χ3n) is 6.39. The molecule has 0 unspecified atom stereocenters. The van der Waals surface area contributed by atoms with Crippen LogP contribution >= 0.6 is 23.4 Å². The number of hydrogen-bond donors (Lipinski definition) is 2. The summed E-state index contributed by atoms with van der Waals surface area (Å²) in [6.45, 7) is 4.02. The Labute approximate surface area is 231 Å². The largest absolute Gasteiger partial charge is 0.497 e. The lowest BCUT2D eigenvalue weighted by molar-refractivity contribution is -0.113. The summed E-state index contributed by atoms with van der Waals surface area (Å²) in [5.41, 5.74) is 5.26. The van der Waals surface area contributed by atoms with Crippen molar-refractivity contribution >= 4 is 40.9 Å². The van der Waals surface area contributed by atoms with Crippen molar-refractivity contribution in [1.82, 2.24) is 14.8 Å². The number of carbonyl (C=O) groups is 1. The van der Waals surface area contributed by atoms with E-state index < -0.39 is 6.04 Å². The highest BCUT2D eigenvalue weighted by Gasteiger charge is 2.34. The fourth-order valence-electron chi connectivity index (χ4n) is 4.38. The molecule has 7 nitrogen and oxygen atoms in total. The van der Waals surface area contributed by atoms with E-state index in [1.54, 1.807) is 11.8 Å². The molecule has 2 heterocycles. The van der Waals surface area contributed by atoms with Gasteiger partial charge in [-0.2, -0.15) is 4.98 Å². The summed E-state index contributed by atoms with van der Waals surface area (Å²) in [6.07, 6.45) is 0.936. The number of halogens is 1. The number of anilines is 2. The molecule has 0 saturated carbocycles. The minimum atomic E-state index is -0.441. The van der Waals surface area contributed by atoms with Crippen molar-refractivity contribution in [3.8, 4) is 5.75 Å². The van der Waals surface area contributed by atoms with E-state index >= 15 is 0 Å². The van der Waals surface area contributed by atoms with Gasteiger partial charge >= 0.3 is 0 Å². The molecule has 0 fully saturated rings. The van der Waals surface area contributed by atoms with Crippen LogP contribution in [0.1, 0.15) is 36.6 Å². The number of nitrogens with one attached hydrogen (secondary N) is 2. The van der Waals surface area contributed by atoms with Crippen molar-refractivity contribution in [2.75, 3.05) is 17.7 Å². The zero-order valence-corrected chi connectivity index (χ0v) is 22.9. The Kier molecular flexibility index (Phi) is 7.72. The number of nitrogens with zero attached hydrogens (tertiary/aromatic N) is 3. The van der Waals surface area contributed by atoms with E-state index in [0.717, 1.165) is 29.0 Å². The van der Waals surface area contributed by atoms with Gasteiger partial charge in [-0.15, -0.1) is 5.10 Å². The van der Waals surface area contributed by atoms with Gasteiger partial charge in [0, 0.05) is 22.2 Å². The number of hydrogen-bond acceptors (Lipinski definition) is 6. The summed E-state index contributed by atoms with van der Waals surface area (Å²) in [6, 6.07) is 22.9. The van der Waals surface area contributed by atoms with Gasteiger partial charge in [0.1, 0.15) is 11.8 Å². The number of aromatic nitrogens is 3. The average molecular weight is 546 g/mol. The molecule has 1 atom stereocenters. The van der Waals surface area contributed by atoms with Crippen molar-refractivity contribution in [2.45, 2.75) is 37.2 Å². The summed E-state index contributed by atoms with van der Waals surface area (Å²) in [5, 5.41) is 12.5. The van der Waals surface area contributed by atoms with E-state index in [4.69, 9.17) is 26.4 Å². The molecule has 0 aliphatic carbocycles. The number of rotatable bonds is 8. The second-order valence-corrected chi connectivity index (χ2v) is 10.3. The lowest BCUT2D eigenvalue weighted by Crippen LogP contribution is -2.31. The van der Waals surface area contributed by atoms with Gasteiger partial charge in [-0.05, 0) is 66.4 Å². The van der Waals surface area contributed by atoms with E-state index in [1.165, 1.54) is 17.3 Å². The Morgan fingerprint density at radius 3 is 2.55 bits per heavy atom. The quantitative estimate of drug-likeness (QED) is 0.239.